The predicted molar refractivity (Wildman–Crippen MR) is 74.7 cm³/mol. The zero-order valence-electron chi connectivity index (χ0n) is 12.3. The predicted octanol–water partition coefficient (Wildman–Crippen LogP) is 1.47. The van der Waals surface area contributed by atoms with Gasteiger partial charge in [-0.1, -0.05) is 12.1 Å². The molecule has 0 bridgehead atoms. The van der Waals surface area contributed by atoms with Crippen LogP contribution in [-0.4, -0.2) is 39.5 Å². The van der Waals surface area contributed by atoms with Crippen LogP contribution in [-0.2, 0) is 22.0 Å². The molecule has 24 heavy (non-hydrogen) atoms. The molecule has 1 atom stereocenters. The van der Waals surface area contributed by atoms with E-state index in [9.17, 15) is 31.1 Å². The standard InChI is InChI=1S/C13H13F4N3O3S/c1-2-24(22,23)13(16,17)12(21,8-20-6-5-18-19-20)10-4-3-9(14)7-11(10)15/h3-7,21H,2,8H2,1H3. The average molecular weight is 367 g/mol. The van der Waals surface area contributed by atoms with Crippen molar-refractivity contribution in [3.8, 4) is 0 Å². The molecule has 0 aliphatic heterocycles. The zero-order valence-corrected chi connectivity index (χ0v) is 13.1. The van der Waals surface area contributed by atoms with E-state index in [4.69, 9.17) is 0 Å². The fraction of sp³-hybridized carbons (Fsp3) is 0.385. The summed E-state index contributed by atoms with van der Waals surface area (Å²) in [6, 6.07) is 1.48. The van der Waals surface area contributed by atoms with Gasteiger partial charge in [-0.3, -0.25) is 0 Å². The van der Waals surface area contributed by atoms with Gasteiger partial charge in [0.05, 0.1) is 18.5 Å². The van der Waals surface area contributed by atoms with Crippen LogP contribution in [0.4, 0.5) is 17.6 Å². The third-order valence-corrected chi connectivity index (χ3v) is 5.37. The smallest absolute Gasteiger partial charge is 0.376 e. The second kappa shape index (κ2) is 6.13. The Morgan fingerprint density at radius 3 is 2.46 bits per heavy atom. The Morgan fingerprint density at radius 2 is 1.96 bits per heavy atom. The Balaban J connectivity index is 2.70. The number of rotatable bonds is 6. The van der Waals surface area contributed by atoms with E-state index >= 15 is 0 Å². The minimum atomic E-state index is -5.14. The minimum absolute atomic E-state index is 0.274. The lowest BCUT2D eigenvalue weighted by atomic mass is 9.93. The second-order valence-corrected chi connectivity index (χ2v) is 7.32. The number of aromatic nitrogens is 3. The first-order valence-electron chi connectivity index (χ1n) is 6.67. The number of sulfone groups is 1. The molecule has 0 aliphatic carbocycles. The summed E-state index contributed by atoms with van der Waals surface area (Å²) in [7, 11) is -5.14. The van der Waals surface area contributed by atoms with Crippen molar-refractivity contribution in [1.29, 1.82) is 0 Å². The highest BCUT2D eigenvalue weighted by Gasteiger charge is 2.63. The lowest BCUT2D eigenvalue weighted by Crippen LogP contribution is -2.54. The number of hydrogen-bond acceptors (Lipinski definition) is 5. The van der Waals surface area contributed by atoms with Gasteiger partial charge in [-0.25, -0.2) is 21.9 Å². The molecule has 1 N–H and O–H groups in total. The molecule has 0 radical (unpaired) electrons. The molecular formula is C13H13F4N3O3S. The number of halogens is 4. The molecule has 132 valence electrons. The third-order valence-electron chi connectivity index (χ3n) is 3.49. The Morgan fingerprint density at radius 1 is 1.29 bits per heavy atom. The molecule has 1 unspecified atom stereocenters. The molecule has 0 saturated heterocycles. The molecule has 11 heteroatoms. The van der Waals surface area contributed by atoms with E-state index in [1.807, 2.05) is 0 Å². The first kappa shape index (κ1) is 18.3. The van der Waals surface area contributed by atoms with Gasteiger partial charge in [0.2, 0.25) is 9.84 Å². The lowest BCUT2D eigenvalue weighted by molar-refractivity contribution is -0.145. The highest BCUT2D eigenvalue weighted by Crippen LogP contribution is 2.44. The summed E-state index contributed by atoms with van der Waals surface area (Å²) in [6.45, 7) is -0.151. The Labute approximate surface area is 134 Å². The maximum atomic E-state index is 14.6. The van der Waals surface area contributed by atoms with Gasteiger partial charge in [-0.05, 0) is 12.1 Å². The summed E-state index contributed by atoms with van der Waals surface area (Å²) in [5.41, 5.74) is -4.59. The van der Waals surface area contributed by atoms with Gasteiger partial charge in [0.25, 0.3) is 0 Å². The zero-order chi connectivity index (χ0) is 18.2. The first-order valence-corrected chi connectivity index (χ1v) is 8.32. The Kier molecular flexibility index (Phi) is 4.68. The summed E-state index contributed by atoms with van der Waals surface area (Å²) in [5, 5.41) is 12.5. The van der Waals surface area contributed by atoms with Gasteiger partial charge >= 0.3 is 5.25 Å². The van der Waals surface area contributed by atoms with E-state index in [1.165, 1.54) is 0 Å². The van der Waals surface area contributed by atoms with Gasteiger partial charge in [0, 0.05) is 17.8 Å². The molecule has 2 rings (SSSR count). The van der Waals surface area contributed by atoms with Gasteiger partial charge in [-0.2, -0.15) is 8.78 Å². The van der Waals surface area contributed by atoms with Crippen molar-refractivity contribution in [2.45, 2.75) is 24.3 Å². The molecule has 1 aromatic heterocycles. The van der Waals surface area contributed by atoms with Crippen LogP contribution in [0.15, 0.2) is 30.6 Å². The summed E-state index contributed by atoms with van der Waals surface area (Å²) >= 11 is 0. The largest absolute Gasteiger partial charge is 0.379 e. The number of alkyl halides is 2. The van der Waals surface area contributed by atoms with Crippen LogP contribution in [0.2, 0.25) is 0 Å². The van der Waals surface area contributed by atoms with E-state index in [0.29, 0.717) is 12.1 Å². The molecule has 0 aliphatic rings. The van der Waals surface area contributed by atoms with Crippen molar-refractivity contribution in [3.05, 3.63) is 47.8 Å². The van der Waals surface area contributed by atoms with E-state index < -0.39 is 50.2 Å². The fourth-order valence-electron chi connectivity index (χ4n) is 2.15. The summed E-state index contributed by atoms with van der Waals surface area (Å²) in [4.78, 5) is 0. The Bertz CT molecular complexity index is 827. The van der Waals surface area contributed by atoms with Crippen LogP contribution >= 0.6 is 0 Å². The van der Waals surface area contributed by atoms with Crippen LogP contribution in [0.3, 0.4) is 0 Å². The highest BCUT2D eigenvalue weighted by molar-refractivity contribution is 7.92. The van der Waals surface area contributed by atoms with Crippen molar-refractivity contribution < 1.29 is 31.1 Å². The summed E-state index contributed by atoms with van der Waals surface area (Å²) < 4.78 is 80.7. The van der Waals surface area contributed by atoms with Crippen molar-refractivity contribution in [2.24, 2.45) is 0 Å². The highest BCUT2D eigenvalue weighted by atomic mass is 32.2. The van der Waals surface area contributed by atoms with Crippen molar-refractivity contribution in [2.75, 3.05) is 5.75 Å². The molecule has 2 aromatic rings. The molecule has 6 nitrogen and oxygen atoms in total. The van der Waals surface area contributed by atoms with E-state index in [2.05, 4.69) is 10.3 Å². The molecule has 0 saturated carbocycles. The first-order chi connectivity index (χ1) is 11.0. The molecule has 0 spiro atoms. The topological polar surface area (TPSA) is 85.1 Å². The lowest BCUT2D eigenvalue weighted by Gasteiger charge is -2.35. The SMILES string of the molecule is CCS(=O)(=O)C(F)(F)C(O)(Cn1ccnn1)c1ccc(F)cc1F. The van der Waals surface area contributed by atoms with Crippen LogP contribution in [0.5, 0.6) is 0 Å². The van der Waals surface area contributed by atoms with Crippen molar-refractivity contribution >= 4 is 9.84 Å². The quantitative estimate of drug-likeness (QED) is 0.782. The molecule has 1 aromatic carbocycles. The minimum Gasteiger partial charge on any atom is -0.376 e. The molecule has 1 heterocycles. The molecule has 0 fully saturated rings. The molecular weight excluding hydrogens is 354 g/mol. The van der Waals surface area contributed by atoms with E-state index in [1.54, 1.807) is 0 Å². The monoisotopic (exact) mass is 367 g/mol. The van der Waals surface area contributed by atoms with Crippen molar-refractivity contribution in [3.63, 3.8) is 0 Å². The average Bonchev–Trinajstić information content (AvgIpc) is 2.99. The van der Waals surface area contributed by atoms with Crippen LogP contribution in [0, 0.1) is 11.6 Å². The maximum Gasteiger partial charge on any atom is 0.379 e. The summed E-state index contributed by atoms with van der Waals surface area (Å²) in [6.07, 6.45) is 2.19. The second-order valence-electron chi connectivity index (χ2n) is 5.01. The van der Waals surface area contributed by atoms with Crippen molar-refractivity contribution in [1.82, 2.24) is 15.0 Å². The number of hydrogen-bond donors (Lipinski definition) is 1. The number of aliphatic hydroxyl groups is 1. The number of benzene rings is 1. The fourth-order valence-corrected chi connectivity index (χ4v) is 3.20. The van der Waals surface area contributed by atoms with Crippen LogP contribution in [0.25, 0.3) is 0 Å². The van der Waals surface area contributed by atoms with E-state index in [0.717, 1.165) is 24.0 Å². The third kappa shape index (κ3) is 2.88. The van der Waals surface area contributed by atoms with Crippen LogP contribution < -0.4 is 0 Å². The van der Waals surface area contributed by atoms with E-state index in [-0.39, 0.29) is 6.07 Å². The van der Waals surface area contributed by atoms with Gasteiger partial charge in [0.1, 0.15) is 11.6 Å². The van der Waals surface area contributed by atoms with Gasteiger partial charge in [0.15, 0.2) is 5.60 Å². The van der Waals surface area contributed by atoms with Gasteiger partial charge < -0.3 is 5.11 Å². The summed E-state index contributed by atoms with van der Waals surface area (Å²) in [5.74, 6) is -3.58. The Hall–Kier alpha value is -2.01. The van der Waals surface area contributed by atoms with Gasteiger partial charge in [-0.15, -0.1) is 5.10 Å². The number of nitrogens with zero attached hydrogens (tertiary/aromatic N) is 3. The normalized spacial score (nSPS) is 15.2. The van der Waals surface area contributed by atoms with Crippen LogP contribution in [0.1, 0.15) is 12.5 Å². The molecule has 0 amide bonds. The maximum absolute atomic E-state index is 14.6.